The van der Waals surface area contributed by atoms with Crippen LogP contribution in [0.4, 0.5) is 4.39 Å². The van der Waals surface area contributed by atoms with E-state index in [4.69, 9.17) is 4.74 Å². The van der Waals surface area contributed by atoms with Crippen molar-refractivity contribution in [2.24, 2.45) is 0 Å². The summed E-state index contributed by atoms with van der Waals surface area (Å²) in [6, 6.07) is 14.1. The van der Waals surface area contributed by atoms with Crippen LogP contribution >= 0.6 is 15.9 Å². The van der Waals surface area contributed by atoms with E-state index < -0.39 is 0 Å². The summed E-state index contributed by atoms with van der Waals surface area (Å²) in [5, 5.41) is 0. The molecule has 0 amide bonds. The van der Waals surface area contributed by atoms with Crippen molar-refractivity contribution in [3.05, 3.63) is 58.8 Å². The van der Waals surface area contributed by atoms with E-state index in [0.717, 1.165) is 0 Å². The fourth-order valence-electron chi connectivity index (χ4n) is 1.18. The highest BCUT2D eigenvalue weighted by molar-refractivity contribution is 9.10. The molecular formula is C12H8BrFO. The lowest BCUT2D eigenvalue weighted by molar-refractivity contribution is 0.440. The van der Waals surface area contributed by atoms with Gasteiger partial charge in [-0.05, 0) is 40.2 Å². The Bertz CT molecular complexity index is 456. The maximum absolute atomic E-state index is 13.5. The fourth-order valence-corrected chi connectivity index (χ4v) is 1.53. The summed E-state index contributed by atoms with van der Waals surface area (Å²) in [4.78, 5) is 0. The number of hydrogen-bond donors (Lipinski definition) is 0. The van der Waals surface area contributed by atoms with E-state index >= 15 is 0 Å². The monoisotopic (exact) mass is 266 g/mol. The first-order valence-electron chi connectivity index (χ1n) is 4.44. The molecule has 0 bridgehead atoms. The van der Waals surface area contributed by atoms with E-state index in [9.17, 15) is 4.39 Å². The molecule has 15 heavy (non-hydrogen) atoms. The van der Waals surface area contributed by atoms with Crippen molar-refractivity contribution in [3.8, 4) is 11.5 Å². The van der Waals surface area contributed by atoms with Gasteiger partial charge in [0.05, 0.1) is 4.47 Å². The minimum Gasteiger partial charge on any atom is -0.454 e. The summed E-state index contributed by atoms with van der Waals surface area (Å²) in [5.74, 6) is 0.450. The molecule has 0 aliphatic carbocycles. The van der Waals surface area contributed by atoms with Crippen LogP contribution < -0.4 is 4.74 Å². The lowest BCUT2D eigenvalue weighted by atomic mass is 10.3. The van der Waals surface area contributed by atoms with E-state index in [1.165, 1.54) is 0 Å². The highest BCUT2D eigenvalue weighted by Crippen LogP contribution is 2.28. The van der Waals surface area contributed by atoms with Crippen molar-refractivity contribution in [1.82, 2.24) is 0 Å². The van der Waals surface area contributed by atoms with Crippen LogP contribution in [-0.2, 0) is 0 Å². The van der Waals surface area contributed by atoms with Gasteiger partial charge < -0.3 is 4.74 Å². The number of rotatable bonds is 2. The Kier molecular flexibility index (Phi) is 3.02. The standard InChI is InChI=1S/C12H8BrFO/c13-10-7-4-8-11(12(10)14)15-9-5-2-1-3-6-9/h1-8H. The van der Waals surface area contributed by atoms with Crippen molar-refractivity contribution in [2.45, 2.75) is 0 Å². The summed E-state index contributed by atoms with van der Waals surface area (Å²) >= 11 is 3.10. The molecule has 2 aromatic rings. The highest BCUT2D eigenvalue weighted by Gasteiger charge is 2.07. The van der Waals surface area contributed by atoms with Gasteiger partial charge in [-0.15, -0.1) is 0 Å². The Labute approximate surface area is 95.6 Å². The first-order valence-corrected chi connectivity index (χ1v) is 5.23. The molecule has 0 saturated carbocycles. The molecule has 0 aromatic heterocycles. The molecule has 2 aromatic carbocycles. The molecule has 0 heterocycles. The van der Waals surface area contributed by atoms with Gasteiger partial charge >= 0.3 is 0 Å². The number of hydrogen-bond acceptors (Lipinski definition) is 1. The average molecular weight is 267 g/mol. The summed E-state index contributed by atoms with van der Waals surface area (Å²) in [5.41, 5.74) is 0. The Morgan fingerprint density at radius 3 is 2.40 bits per heavy atom. The average Bonchev–Trinajstić information content (AvgIpc) is 2.26. The molecule has 0 spiro atoms. The van der Waals surface area contributed by atoms with Crippen molar-refractivity contribution >= 4 is 15.9 Å². The third-order valence-corrected chi connectivity index (χ3v) is 2.50. The van der Waals surface area contributed by atoms with Crippen LogP contribution in [0.1, 0.15) is 0 Å². The van der Waals surface area contributed by atoms with E-state index in [2.05, 4.69) is 15.9 Å². The van der Waals surface area contributed by atoms with Gasteiger partial charge in [0.25, 0.3) is 0 Å². The van der Waals surface area contributed by atoms with Gasteiger partial charge in [-0.1, -0.05) is 24.3 Å². The number of para-hydroxylation sites is 1. The molecule has 1 nitrogen and oxygen atoms in total. The molecule has 0 saturated heterocycles. The van der Waals surface area contributed by atoms with Crippen LogP contribution in [0.2, 0.25) is 0 Å². The number of benzene rings is 2. The molecular weight excluding hydrogens is 259 g/mol. The molecule has 0 radical (unpaired) electrons. The van der Waals surface area contributed by atoms with Crippen LogP contribution in [0.3, 0.4) is 0 Å². The van der Waals surface area contributed by atoms with Gasteiger partial charge in [0.2, 0.25) is 0 Å². The second-order valence-electron chi connectivity index (χ2n) is 2.97. The second-order valence-corrected chi connectivity index (χ2v) is 3.82. The Hall–Kier alpha value is -1.35. The Morgan fingerprint density at radius 1 is 0.933 bits per heavy atom. The Balaban J connectivity index is 2.29. The van der Waals surface area contributed by atoms with Gasteiger partial charge in [0.15, 0.2) is 11.6 Å². The minimum absolute atomic E-state index is 0.218. The maximum atomic E-state index is 13.5. The molecule has 76 valence electrons. The SMILES string of the molecule is Fc1c(Br)cccc1Oc1ccccc1. The van der Waals surface area contributed by atoms with Crippen LogP contribution in [0.15, 0.2) is 53.0 Å². The topological polar surface area (TPSA) is 9.23 Å². The first-order chi connectivity index (χ1) is 7.27. The second kappa shape index (κ2) is 4.45. The molecule has 3 heteroatoms. The Morgan fingerprint density at radius 2 is 1.67 bits per heavy atom. The predicted molar refractivity (Wildman–Crippen MR) is 60.6 cm³/mol. The van der Waals surface area contributed by atoms with Crippen LogP contribution in [-0.4, -0.2) is 0 Å². The zero-order valence-electron chi connectivity index (χ0n) is 7.78. The fraction of sp³-hybridized carbons (Fsp3) is 0. The lowest BCUT2D eigenvalue weighted by Gasteiger charge is -2.06. The van der Waals surface area contributed by atoms with Crippen LogP contribution in [0, 0.1) is 5.82 Å². The van der Waals surface area contributed by atoms with Crippen LogP contribution in [0.5, 0.6) is 11.5 Å². The van der Waals surface area contributed by atoms with Crippen LogP contribution in [0.25, 0.3) is 0 Å². The summed E-state index contributed by atoms with van der Waals surface area (Å²) in [6.07, 6.45) is 0. The van der Waals surface area contributed by atoms with E-state index in [0.29, 0.717) is 10.2 Å². The van der Waals surface area contributed by atoms with Gasteiger partial charge in [0, 0.05) is 0 Å². The largest absolute Gasteiger partial charge is 0.454 e. The minimum atomic E-state index is -0.388. The van der Waals surface area contributed by atoms with E-state index in [1.54, 1.807) is 30.3 Å². The molecule has 0 N–H and O–H groups in total. The summed E-state index contributed by atoms with van der Waals surface area (Å²) in [7, 11) is 0. The third kappa shape index (κ3) is 2.36. The third-order valence-electron chi connectivity index (χ3n) is 1.89. The smallest absolute Gasteiger partial charge is 0.179 e. The molecule has 0 fully saturated rings. The van der Waals surface area contributed by atoms with Gasteiger partial charge in [-0.3, -0.25) is 0 Å². The molecule has 0 aliphatic heterocycles. The zero-order valence-corrected chi connectivity index (χ0v) is 9.37. The van der Waals surface area contributed by atoms with Gasteiger partial charge in [-0.25, -0.2) is 4.39 Å². The quantitative estimate of drug-likeness (QED) is 0.784. The lowest BCUT2D eigenvalue weighted by Crippen LogP contribution is -1.88. The summed E-state index contributed by atoms with van der Waals surface area (Å²) < 4.78 is 19.3. The van der Waals surface area contributed by atoms with Crippen molar-refractivity contribution in [2.75, 3.05) is 0 Å². The number of ether oxygens (including phenoxy) is 1. The van der Waals surface area contributed by atoms with Gasteiger partial charge in [-0.2, -0.15) is 0 Å². The molecule has 0 unspecified atom stereocenters. The predicted octanol–water partition coefficient (Wildman–Crippen LogP) is 4.38. The first kappa shape index (κ1) is 10.2. The zero-order chi connectivity index (χ0) is 10.7. The van der Waals surface area contributed by atoms with Crippen molar-refractivity contribution < 1.29 is 9.13 Å². The maximum Gasteiger partial charge on any atom is 0.179 e. The van der Waals surface area contributed by atoms with Crippen molar-refractivity contribution in [3.63, 3.8) is 0 Å². The molecule has 2 rings (SSSR count). The van der Waals surface area contributed by atoms with E-state index in [-0.39, 0.29) is 11.6 Å². The summed E-state index contributed by atoms with van der Waals surface area (Å²) in [6.45, 7) is 0. The highest BCUT2D eigenvalue weighted by atomic mass is 79.9. The molecule has 0 aliphatic rings. The van der Waals surface area contributed by atoms with Crippen molar-refractivity contribution in [1.29, 1.82) is 0 Å². The normalized spacial score (nSPS) is 10.0. The van der Waals surface area contributed by atoms with E-state index in [1.807, 2.05) is 18.2 Å². The molecule has 0 atom stereocenters. The van der Waals surface area contributed by atoms with Gasteiger partial charge in [0.1, 0.15) is 5.75 Å². The number of halogens is 2.